The Hall–Kier alpha value is -4.30. The molecule has 0 radical (unpaired) electrons. The fourth-order valence-corrected chi connectivity index (χ4v) is 7.01. The Kier molecular flexibility index (Phi) is 9.23. The fourth-order valence-electron chi connectivity index (χ4n) is 6.78. The lowest BCUT2D eigenvalue weighted by atomic mass is 9.85. The number of fused-ring (bicyclic) bond motifs is 1. The van der Waals surface area contributed by atoms with Crippen molar-refractivity contribution < 1.29 is 18.0 Å². The zero-order chi connectivity index (χ0) is 33.5. The Morgan fingerprint density at radius 2 is 1.57 bits per heavy atom. The second-order valence-corrected chi connectivity index (χ2v) is 13.0. The van der Waals surface area contributed by atoms with Gasteiger partial charge in [-0.25, -0.2) is 13.2 Å². The van der Waals surface area contributed by atoms with Gasteiger partial charge in [0.25, 0.3) is 0 Å². The maximum absolute atomic E-state index is 14.5. The largest absolute Gasteiger partial charge is 0.294 e. The topological polar surface area (TPSA) is 60.7 Å². The van der Waals surface area contributed by atoms with Crippen LogP contribution < -0.4 is 0 Å². The minimum absolute atomic E-state index is 0.0314. The third-order valence-electron chi connectivity index (χ3n) is 8.54. The minimum atomic E-state index is -0.672. The number of benzene rings is 3. The van der Waals surface area contributed by atoms with E-state index < -0.39 is 11.6 Å². The average Bonchev–Trinajstić information content (AvgIpc) is 3.45. The van der Waals surface area contributed by atoms with Crippen molar-refractivity contribution in [2.45, 2.75) is 65.7 Å². The number of rotatable bonds is 5. The van der Waals surface area contributed by atoms with Crippen LogP contribution in [-0.4, -0.2) is 25.8 Å². The Bertz CT molecular complexity index is 1930. The van der Waals surface area contributed by atoms with Gasteiger partial charge in [0, 0.05) is 30.8 Å². The van der Waals surface area contributed by atoms with E-state index in [-0.39, 0.29) is 39.2 Å². The van der Waals surface area contributed by atoms with Crippen LogP contribution in [0.4, 0.5) is 13.2 Å². The lowest BCUT2D eigenvalue weighted by molar-refractivity contribution is 0.0992. The molecular weight excluding hydrogens is 609 g/mol. The summed E-state index contributed by atoms with van der Waals surface area (Å²) in [6.07, 6.45) is 2.97. The van der Waals surface area contributed by atoms with Crippen molar-refractivity contribution in [3.8, 4) is 22.3 Å². The van der Waals surface area contributed by atoms with Gasteiger partial charge in [0.1, 0.15) is 17.5 Å². The van der Waals surface area contributed by atoms with Crippen LogP contribution in [0.2, 0.25) is 5.15 Å². The third kappa shape index (κ3) is 6.36. The number of halogens is 4. The van der Waals surface area contributed by atoms with Crippen molar-refractivity contribution in [3.63, 3.8) is 0 Å². The summed E-state index contributed by atoms with van der Waals surface area (Å²) in [5.74, 6) is -1.18. The number of aryl methyl sites for hydroxylation is 4. The molecule has 46 heavy (non-hydrogen) atoms. The number of carbonyl (C=O) groups excluding carboxylic acids is 1. The number of hydrogen-bond donors (Lipinski definition) is 0. The quantitative estimate of drug-likeness (QED) is 0.179. The molecular formula is C37H36ClF3N4O. The van der Waals surface area contributed by atoms with Crippen molar-refractivity contribution in [2.24, 2.45) is 7.05 Å². The normalized spacial score (nSPS) is 14.9. The van der Waals surface area contributed by atoms with Crippen LogP contribution in [0.1, 0.15) is 77.1 Å². The van der Waals surface area contributed by atoms with Crippen LogP contribution >= 0.6 is 11.6 Å². The molecule has 9 heteroatoms. The van der Waals surface area contributed by atoms with E-state index in [9.17, 15) is 18.0 Å². The van der Waals surface area contributed by atoms with Gasteiger partial charge in [0.15, 0.2) is 10.9 Å². The molecule has 3 aromatic carbocycles. The zero-order valence-corrected chi connectivity index (χ0v) is 27.7. The summed E-state index contributed by atoms with van der Waals surface area (Å²) in [5, 5.41) is 12.0. The minimum Gasteiger partial charge on any atom is -0.294 e. The summed E-state index contributed by atoms with van der Waals surface area (Å²) < 4.78 is 44.9. The first-order valence-electron chi connectivity index (χ1n) is 15.1. The number of Topliss-reactive ketones (excluding diaryl/α,β-unsaturated/α-hetero) is 1. The summed E-state index contributed by atoms with van der Waals surface area (Å²) in [6.45, 7) is 11.5. The van der Waals surface area contributed by atoms with Crippen molar-refractivity contribution in [2.75, 3.05) is 0 Å². The fraction of sp³-hybridized carbons (Fsp3) is 0.297. The van der Waals surface area contributed by atoms with E-state index in [0.717, 1.165) is 34.4 Å². The number of carbonyl (C=O) groups is 1. The Labute approximate surface area is 272 Å². The zero-order valence-electron chi connectivity index (χ0n) is 27.0. The van der Waals surface area contributed by atoms with Crippen LogP contribution in [0.25, 0.3) is 22.3 Å². The van der Waals surface area contributed by atoms with Crippen LogP contribution in [0.5, 0.6) is 0 Å². The molecule has 0 saturated carbocycles. The van der Waals surface area contributed by atoms with E-state index in [1.165, 1.54) is 18.2 Å². The van der Waals surface area contributed by atoms with E-state index in [2.05, 4.69) is 36.1 Å². The molecule has 1 atom stereocenters. The summed E-state index contributed by atoms with van der Waals surface area (Å²) in [6, 6.07) is 15.1. The molecule has 2 heterocycles. The lowest BCUT2D eigenvalue weighted by Gasteiger charge is -2.20. The second kappa shape index (κ2) is 12.8. The van der Waals surface area contributed by atoms with Crippen molar-refractivity contribution in [3.05, 3.63) is 123 Å². The molecule has 0 aliphatic heterocycles. The number of nitrogens with zero attached hydrogens (tertiary/aromatic N) is 4. The monoisotopic (exact) mass is 644 g/mol. The Balaban J connectivity index is 0.000000181. The second-order valence-electron chi connectivity index (χ2n) is 12.7. The number of ketones is 1. The highest BCUT2D eigenvalue weighted by molar-refractivity contribution is 6.32. The molecule has 1 aliphatic rings. The number of aromatic nitrogens is 4. The van der Waals surface area contributed by atoms with Gasteiger partial charge < -0.3 is 0 Å². The average molecular weight is 645 g/mol. The molecule has 2 aromatic heterocycles. The van der Waals surface area contributed by atoms with Crippen LogP contribution in [0.3, 0.4) is 0 Å². The molecule has 5 aromatic rings. The van der Waals surface area contributed by atoms with Gasteiger partial charge in [-0.3, -0.25) is 9.48 Å². The highest BCUT2D eigenvalue weighted by Crippen LogP contribution is 2.48. The van der Waals surface area contributed by atoms with Gasteiger partial charge in [-0.1, -0.05) is 68.8 Å². The first-order valence-corrected chi connectivity index (χ1v) is 15.5. The maximum atomic E-state index is 14.5. The standard InChI is InChI=1S/C19H23FN2O.C18H13ClF2N2/c1-11-9-19(3,4)18-15(20)7-6-13(17(11)18)8-16(23)14-10-22(5)21-12(14)2;1-10-8-13(20)16(14(21)9-10)17-15(11(2)22-23-18(17)19)12-6-4-3-5-7-12/h6-7,10-11H,8-9H2,1-5H3;3-9H,1-2H3. The number of hydrogen-bond acceptors (Lipinski definition) is 4. The van der Waals surface area contributed by atoms with E-state index in [0.29, 0.717) is 28.8 Å². The molecule has 0 bridgehead atoms. The lowest BCUT2D eigenvalue weighted by Crippen LogP contribution is -2.15. The highest BCUT2D eigenvalue weighted by atomic mass is 35.5. The van der Waals surface area contributed by atoms with Gasteiger partial charge in [0.2, 0.25) is 0 Å². The highest BCUT2D eigenvalue weighted by Gasteiger charge is 2.39. The van der Waals surface area contributed by atoms with Gasteiger partial charge in [-0.2, -0.15) is 10.2 Å². The molecule has 0 saturated heterocycles. The molecule has 0 spiro atoms. The predicted molar refractivity (Wildman–Crippen MR) is 176 cm³/mol. The predicted octanol–water partition coefficient (Wildman–Crippen LogP) is 9.44. The summed E-state index contributed by atoms with van der Waals surface area (Å²) >= 11 is 6.16. The molecule has 1 aliphatic carbocycles. The van der Waals surface area contributed by atoms with E-state index >= 15 is 0 Å². The van der Waals surface area contributed by atoms with E-state index in [1.54, 1.807) is 30.8 Å². The van der Waals surface area contributed by atoms with Crippen LogP contribution in [0.15, 0.2) is 60.8 Å². The molecule has 6 rings (SSSR count). The summed E-state index contributed by atoms with van der Waals surface area (Å²) in [4.78, 5) is 12.7. The van der Waals surface area contributed by atoms with Crippen molar-refractivity contribution in [1.29, 1.82) is 0 Å². The Morgan fingerprint density at radius 1 is 0.913 bits per heavy atom. The van der Waals surface area contributed by atoms with E-state index in [4.69, 9.17) is 11.6 Å². The van der Waals surface area contributed by atoms with Gasteiger partial charge >= 0.3 is 0 Å². The molecule has 238 valence electrons. The first kappa shape index (κ1) is 33.1. The van der Waals surface area contributed by atoms with Gasteiger partial charge in [0.05, 0.1) is 22.5 Å². The van der Waals surface area contributed by atoms with Gasteiger partial charge in [-0.15, -0.1) is 5.10 Å². The molecule has 0 fully saturated rings. The van der Waals surface area contributed by atoms with Gasteiger partial charge in [-0.05, 0) is 84.5 Å². The van der Waals surface area contributed by atoms with Crippen molar-refractivity contribution in [1.82, 2.24) is 20.0 Å². The third-order valence-corrected chi connectivity index (χ3v) is 8.81. The Morgan fingerprint density at radius 3 is 2.17 bits per heavy atom. The first-order chi connectivity index (χ1) is 21.7. The molecule has 5 nitrogen and oxygen atoms in total. The maximum Gasteiger partial charge on any atom is 0.170 e. The van der Waals surface area contributed by atoms with E-state index in [1.807, 2.05) is 44.3 Å². The van der Waals surface area contributed by atoms with Crippen LogP contribution in [-0.2, 0) is 18.9 Å². The molecule has 0 N–H and O–H groups in total. The summed E-state index contributed by atoms with van der Waals surface area (Å²) in [5.41, 5.74) is 6.43. The SMILES string of the molecule is Cc1cc(F)c(-c2c(Cl)nnc(C)c2-c2ccccc2)c(F)c1.Cc1nn(C)cc1C(=O)Cc1ccc(F)c2c1C(C)CC2(C)C. The van der Waals surface area contributed by atoms with Crippen LogP contribution in [0, 0.1) is 38.2 Å². The summed E-state index contributed by atoms with van der Waals surface area (Å²) in [7, 11) is 1.81. The molecule has 0 amide bonds. The molecule has 1 unspecified atom stereocenters. The van der Waals surface area contributed by atoms with Crippen molar-refractivity contribution >= 4 is 17.4 Å². The smallest absolute Gasteiger partial charge is 0.170 e.